The first kappa shape index (κ1) is 22.8. The van der Waals surface area contributed by atoms with Crippen molar-refractivity contribution >= 4 is 17.5 Å². The van der Waals surface area contributed by atoms with Crippen molar-refractivity contribution in [3.05, 3.63) is 53.6 Å². The largest absolute Gasteiger partial charge is 0.493 e. The molecule has 0 bridgehead atoms. The van der Waals surface area contributed by atoms with Crippen LogP contribution in [0.25, 0.3) is 0 Å². The quantitative estimate of drug-likeness (QED) is 0.602. The van der Waals surface area contributed by atoms with Gasteiger partial charge in [0.25, 0.3) is 5.91 Å². The highest BCUT2D eigenvalue weighted by molar-refractivity contribution is 5.97. The van der Waals surface area contributed by atoms with E-state index in [1.807, 2.05) is 19.9 Å². The van der Waals surface area contributed by atoms with E-state index in [9.17, 15) is 9.59 Å². The Morgan fingerprint density at radius 2 is 1.87 bits per heavy atom. The molecule has 2 aromatic rings. The molecule has 7 nitrogen and oxygen atoms in total. The maximum atomic E-state index is 12.5. The normalized spacial score (nSPS) is 10.1. The van der Waals surface area contributed by atoms with E-state index in [1.165, 1.54) is 7.11 Å². The van der Waals surface area contributed by atoms with Crippen LogP contribution in [0.2, 0.25) is 0 Å². The summed E-state index contributed by atoms with van der Waals surface area (Å²) in [6.45, 7) is 5.47. The van der Waals surface area contributed by atoms with E-state index >= 15 is 0 Å². The number of hydrogen-bond acceptors (Lipinski definition) is 5. The first-order chi connectivity index (χ1) is 14.5. The van der Waals surface area contributed by atoms with Gasteiger partial charge in [-0.05, 0) is 50.6 Å². The van der Waals surface area contributed by atoms with E-state index in [2.05, 4.69) is 5.32 Å². The van der Waals surface area contributed by atoms with E-state index in [0.717, 1.165) is 0 Å². The summed E-state index contributed by atoms with van der Waals surface area (Å²) in [5.41, 5.74) is 1.63. The third kappa shape index (κ3) is 6.24. The fraction of sp³-hybridized carbons (Fsp3) is 0.348. The summed E-state index contributed by atoms with van der Waals surface area (Å²) in [7, 11) is 1.51. The van der Waals surface area contributed by atoms with E-state index in [0.29, 0.717) is 54.4 Å². The zero-order chi connectivity index (χ0) is 21.9. The zero-order valence-corrected chi connectivity index (χ0v) is 17.6. The summed E-state index contributed by atoms with van der Waals surface area (Å²) >= 11 is 0. The van der Waals surface area contributed by atoms with Gasteiger partial charge in [0.15, 0.2) is 11.5 Å². The molecular weight excluding hydrogens is 382 g/mol. The fourth-order valence-electron chi connectivity index (χ4n) is 2.92. The highest BCUT2D eigenvalue weighted by Gasteiger charge is 2.13. The first-order valence-electron chi connectivity index (χ1n) is 9.92. The zero-order valence-electron chi connectivity index (χ0n) is 17.6. The standard InChI is InChI=1S/C23H27N3O4/c1-4-26(5-2)23(28)18-8-6-9-19(15-18)25-22(27)10-7-13-30-20-12-11-17(16-24)14-21(20)29-3/h6,8-9,11-12,14-15H,4-5,7,10,13H2,1-3H3,(H,25,27). The van der Waals surface area contributed by atoms with Crippen molar-refractivity contribution in [2.24, 2.45) is 0 Å². The summed E-state index contributed by atoms with van der Waals surface area (Å²) in [5, 5.41) is 11.8. The number of carbonyl (C=O) groups is 2. The predicted molar refractivity (Wildman–Crippen MR) is 115 cm³/mol. The maximum absolute atomic E-state index is 12.5. The Kier molecular flexibility index (Phi) is 8.70. The Hall–Kier alpha value is -3.53. The summed E-state index contributed by atoms with van der Waals surface area (Å²) in [6, 6.07) is 13.9. The Morgan fingerprint density at radius 1 is 1.10 bits per heavy atom. The average molecular weight is 409 g/mol. The number of carbonyl (C=O) groups excluding carboxylic acids is 2. The van der Waals surface area contributed by atoms with Crippen LogP contribution in [-0.2, 0) is 4.79 Å². The molecule has 158 valence electrons. The van der Waals surface area contributed by atoms with Crippen molar-refractivity contribution in [3.8, 4) is 17.6 Å². The number of benzene rings is 2. The second-order valence-electron chi connectivity index (χ2n) is 6.54. The number of nitrogens with one attached hydrogen (secondary N) is 1. The van der Waals surface area contributed by atoms with Crippen LogP contribution in [0, 0.1) is 11.3 Å². The second kappa shape index (κ2) is 11.5. The van der Waals surface area contributed by atoms with Crippen molar-refractivity contribution in [2.75, 3.05) is 32.1 Å². The molecule has 1 N–H and O–H groups in total. The monoisotopic (exact) mass is 409 g/mol. The molecule has 0 aliphatic heterocycles. The minimum absolute atomic E-state index is 0.0548. The highest BCUT2D eigenvalue weighted by atomic mass is 16.5. The summed E-state index contributed by atoms with van der Waals surface area (Å²) in [6.07, 6.45) is 0.778. The van der Waals surface area contributed by atoms with Crippen LogP contribution in [-0.4, -0.2) is 43.5 Å². The van der Waals surface area contributed by atoms with E-state index in [-0.39, 0.29) is 18.2 Å². The van der Waals surface area contributed by atoms with Crippen LogP contribution < -0.4 is 14.8 Å². The first-order valence-corrected chi connectivity index (χ1v) is 9.92. The molecule has 0 saturated heterocycles. The molecular formula is C23H27N3O4. The van der Waals surface area contributed by atoms with Gasteiger partial charge >= 0.3 is 0 Å². The Balaban J connectivity index is 1.85. The van der Waals surface area contributed by atoms with Gasteiger partial charge in [-0.25, -0.2) is 0 Å². The maximum Gasteiger partial charge on any atom is 0.253 e. The van der Waals surface area contributed by atoms with Gasteiger partial charge in [0.1, 0.15) is 0 Å². The van der Waals surface area contributed by atoms with Gasteiger partial charge in [-0.15, -0.1) is 0 Å². The molecule has 0 atom stereocenters. The molecule has 7 heteroatoms. The molecule has 2 amide bonds. The third-order valence-corrected chi connectivity index (χ3v) is 4.54. The van der Waals surface area contributed by atoms with Crippen LogP contribution >= 0.6 is 0 Å². The van der Waals surface area contributed by atoms with Crippen molar-refractivity contribution in [1.29, 1.82) is 5.26 Å². The lowest BCUT2D eigenvalue weighted by Gasteiger charge is -2.19. The van der Waals surface area contributed by atoms with Crippen LogP contribution in [0.5, 0.6) is 11.5 Å². The molecule has 0 saturated carbocycles. The average Bonchev–Trinajstić information content (AvgIpc) is 2.77. The van der Waals surface area contributed by atoms with Crippen LogP contribution in [0.3, 0.4) is 0 Å². The lowest BCUT2D eigenvalue weighted by Crippen LogP contribution is -2.30. The molecule has 0 aliphatic carbocycles. The number of amides is 2. The highest BCUT2D eigenvalue weighted by Crippen LogP contribution is 2.28. The Labute approximate surface area is 177 Å². The van der Waals surface area contributed by atoms with Gasteiger partial charge in [-0.3, -0.25) is 9.59 Å². The number of ether oxygens (including phenoxy) is 2. The number of hydrogen-bond donors (Lipinski definition) is 1. The smallest absolute Gasteiger partial charge is 0.253 e. The summed E-state index contributed by atoms with van der Waals surface area (Å²) < 4.78 is 10.9. The van der Waals surface area contributed by atoms with Crippen LogP contribution in [0.4, 0.5) is 5.69 Å². The van der Waals surface area contributed by atoms with Gasteiger partial charge in [0.2, 0.25) is 5.91 Å². The van der Waals surface area contributed by atoms with E-state index < -0.39 is 0 Å². The third-order valence-electron chi connectivity index (χ3n) is 4.54. The fourth-order valence-corrected chi connectivity index (χ4v) is 2.92. The van der Waals surface area contributed by atoms with Gasteiger partial charge in [0, 0.05) is 36.8 Å². The summed E-state index contributed by atoms with van der Waals surface area (Å²) in [5.74, 6) is 0.798. The predicted octanol–water partition coefficient (Wildman–Crippen LogP) is 3.85. The van der Waals surface area contributed by atoms with Gasteiger partial charge in [-0.1, -0.05) is 6.07 Å². The molecule has 0 aromatic heterocycles. The molecule has 0 heterocycles. The van der Waals surface area contributed by atoms with E-state index in [1.54, 1.807) is 47.4 Å². The van der Waals surface area contributed by atoms with Gasteiger partial charge in [0.05, 0.1) is 25.3 Å². The van der Waals surface area contributed by atoms with Crippen molar-refractivity contribution < 1.29 is 19.1 Å². The van der Waals surface area contributed by atoms with Crippen LogP contribution in [0.1, 0.15) is 42.6 Å². The lowest BCUT2D eigenvalue weighted by atomic mass is 10.1. The van der Waals surface area contributed by atoms with Crippen molar-refractivity contribution in [2.45, 2.75) is 26.7 Å². The Morgan fingerprint density at radius 3 is 2.53 bits per heavy atom. The molecule has 0 aliphatic rings. The van der Waals surface area contributed by atoms with Crippen LogP contribution in [0.15, 0.2) is 42.5 Å². The SMILES string of the molecule is CCN(CC)C(=O)c1cccc(NC(=O)CCCOc2ccc(C#N)cc2OC)c1. The molecule has 30 heavy (non-hydrogen) atoms. The Bertz CT molecular complexity index is 917. The van der Waals surface area contributed by atoms with E-state index in [4.69, 9.17) is 14.7 Å². The number of anilines is 1. The minimum Gasteiger partial charge on any atom is -0.493 e. The molecule has 2 rings (SSSR count). The van der Waals surface area contributed by atoms with Crippen molar-refractivity contribution in [1.82, 2.24) is 4.90 Å². The second-order valence-corrected chi connectivity index (χ2v) is 6.54. The molecule has 2 aromatic carbocycles. The minimum atomic E-state index is -0.155. The summed E-state index contributed by atoms with van der Waals surface area (Å²) in [4.78, 5) is 26.4. The molecule has 0 spiro atoms. The number of rotatable bonds is 10. The number of nitriles is 1. The molecule has 0 radical (unpaired) electrons. The topological polar surface area (TPSA) is 91.7 Å². The van der Waals surface area contributed by atoms with Gasteiger partial charge in [-0.2, -0.15) is 5.26 Å². The molecule has 0 unspecified atom stereocenters. The molecule has 0 fully saturated rings. The number of methoxy groups -OCH3 is 1. The lowest BCUT2D eigenvalue weighted by molar-refractivity contribution is -0.116. The number of nitrogens with zero attached hydrogens (tertiary/aromatic N) is 2. The van der Waals surface area contributed by atoms with Crippen molar-refractivity contribution in [3.63, 3.8) is 0 Å². The van der Waals surface area contributed by atoms with Gasteiger partial charge < -0.3 is 19.7 Å².